The lowest BCUT2D eigenvalue weighted by Crippen LogP contribution is -2.14. The summed E-state index contributed by atoms with van der Waals surface area (Å²) in [6.45, 7) is 1.71. The number of carboxylic acid groups (broad SMARTS) is 1. The molecule has 1 N–H and O–H groups in total. The summed E-state index contributed by atoms with van der Waals surface area (Å²) in [7, 11) is 3.16. The molecule has 0 spiro atoms. The molecule has 0 unspecified atom stereocenters. The maximum Gasteiger partial charge on any atom is 0.306 e. The summed E-state index contributed by atoms with van der Waals surface area (Å²) in [4.78, 5) is 10.5. The lowest BCUT2D eigenvalue weighted by atomic mass is 10.0. The first-order chi connectivity index (χ1) is 6.11. The first kappa shape index (κ1) is 12.4. The number of hydrogen-bond donors (Lipinski definition) is 1. The van der Waals surface area contributed by atoms with Gasteiger partial charge in [0.15, 0.2) is 6.29 Å². The largest absolute Gasteiger partial charge is 0.481 e. The lowest BCUT2D eigenvalue weighted by Gasteiger charge is -2.13. The van der Waals surface area contributed by atoms with E-state index in [-0.39, 0.29) is 12.2 Å². The second kappa shape index (κ2) is 6.86. The third-order valence-electron chi connectivity index (χ3n) is 2.02. The van der Waals surface area contributed by atoms with Crippen LogP contribution in [0.4, 0.5) is 0 Å². The van der Waals surface area contributed by atoms with E-state index in [1.807, 2.05) is 0 Å². The zero-order valence-electron chi connectivity index (χ0n) is 8.45. The van der Waals surface area contributed by atoms with Crippen LogP contribution in [0.1, 0.15) is 26.2 Å². The fourth-order valence-corrected chi connectivity index (χ4v) is 1.05. The normalized spacial score (nSPS) is 13.2. The Bertz CT molecular complexity index is 143. The molecule has 1 atom stereocenters. The Balaban J connectivity index is 3.48. The van der Waals surface area contributed by atoms with Crippen molar-refractivity contribution in [1.82, 2.24) is 0 Å². The van der Waals surface area contributed by atoms with Crippen molar-refractivity contribution in [3.8, 4) is 0 Å². The van der Waals surface area contributed by atoms with E-state index in [4.69, 9.17) is 14.6 Å². The predicted octanol–water partition coefficient (Wildman–Crippen LogP) is 1.50. The molecule has 0 aliphatic heterocycles. The maximum absolute atomic E-state index is 10.5. The third-order valence-corrected chi connectivity index (χ3v) is 2.02. The molecule has 0 fully saturated rings. The number of methoxy groups -OCH3 is 2. The maximum atomic E-state index is 10.5. The van der Waals surface area contributed by atoms with Crippen LogP contribution in [0.2, 0.25) is 0 Å². The minimum absolute atomic E-state index is 0.207. The van der Waals surface area contributed by atoms with Crippen molar-refractivity contribution < 1.29 is 19.4 Å². The van der Waals surface area contributed by atoms with Gasteiger partial charge in [0, 0.05) is 14.2 Å². The fourth-order valence-electron chi connectivity index (χ4n) is 1.05. The van der Waals surface area contributed by atoms with Crippen molar-refractivity contribution >= 4 is 5.97 Å². The van der Waals surface area contributed by atoms with Gasteiger partial charge >= 0.3 is 5.97 Å². The zero-order valence-corrected chi connectivity index (χ0v) is 8.45. The van der Waals surface area contributed by atoms with Crippen molar-refractivity contribution in [3.63, 3.8) is 0 Å². The molecule has 0 saturated heterocycles. The summed E-state index contributed by atoms with van der Waals surface area (Å²) < 4.78 is 9.94. The zero-order chi connectivity index (χ0) is 10.3. The predicted molar refractivity (Wildman–Crippen MR) is 48.5 cm³/mol. The minimum atomic E-state index is -0.744. The third kappa shape index (κ3) is 5.60. The van der Waals surface area contributed by atoms with Crippen LogP contribution in [-0.4, -0.2) is 31.6 Å². The molecule has 0 aromatic rings. The molecule has 0 saturated carbocycles. The smallest absolute Gasteiger partial charge is 0.306 e. The Morgan fingerprint density at radius 2 is 1.85 bits per heavy atom. The van der Waals surface area contributed by atoms with Gasteiger partial charge in [0.1, 0.15) is 0 Å². The number of hydrogen-bond acceptors (Lipinski definition) is 3. The van der Waals surface area contributed by atoms with Gasteiger partial charge in [0.05, 0.1) is 5.92 Å². The highest BCUT2D eigenvalue weighted by atomic mass is 16.7. The van der Waals surface area contributed by atoms with E-state index in [1.54, 1.807) is 21.1 Å². The van der Waals surface area contributed by atoms with Crippen LogP contribution >= 0.6 is 0 Å². The summed E-state index contributed by atoms with van der Waals surface area (Å²) in [5.41, 5.74) is 0. The second-order valence-electron chi connectivity index (χ2n) is 3.07. The molecule has 0 amide bonds. The Hall–Kier alpha value is -0.610. The Morgan fingerprint density at radius 1 is 1.31 bits per heavy atom. The molecular weight excluding hydrogens is 172 g/mol. The van der Waals surface area contributed by atoms with Crippen LogP contribution in [-0.2, 0) is 14.3 Å². The van der Waals surface area contributed by atoms with Gasteiger partial charge in [0.25, 0.3) is 0 Å². The van der Waals surface area contributed by atoms with E-state index in [0.29, 0.717) is 6.42 Å². The highest BCUT2D eigenvalue weighted by molar-refractivity contribution is 5.69. The van der Waals surface area contributed by atoms with Crippen LogP contribution in [0.25, 0.3) is 0 Å². The van der Waals surface area contributed by atoms with Gasteiger partial charge in [-0.2, -0.15) is 0 Å². The fraction of sp³-hybridized carbons (Fsp3) is 0.889. The number of ether oxygens (including phenoxy) is 2. The van der Waals surface area contributed by atoms with Gasteiger partial charge in [-0.05, 0) is 19.3 Å². The molecule has 13 heavy (non-hydrogen) atoms. The molecule has 0 aliphatic carbocycles. The molecular formula is C9H18O4. The van der Waals surface area contributed by atoms with Crippen LogP contribution in [0.15, 0.2) is 0 Å². The number of carboxylic acids is 1. The van der Waals surface area contributed by atoms with E-state index in [1.165, 1.54) is 0 Å². The van der Waals surface area contributed by atoms with Crippen molar-refractivity contribution in [1.29, 1.82) is 0 Å². The standard InChI is InChI=1S/C9H18O4/c1-7(9(10)11)5-4-6-8(12-2)13-3/h7-8H,4-6H2,1-3H3,(H,10,11)/t7-/m0/s1. The number of rotatable bonds is 7. The lowest BCUT2D eigenvalue weighted by molar-refractivity contribution is -0.141. The molecule has 0 rings (SSSR count). The van der Waals surface area contributed by atoms with Crippen molar-refractivity contribution in [3.05, 3.63) is 0 Å². The van der Waals surface area contributed by atoms with Gasteiger partial charge < -0.3 is 14.6 Å². The average Bonchev–Trinajstić information content (AvgIpc) is 2.12. The molecule has 0 aliphatic rings. The van der Waals surface area contributed by atoms with E-state index in [0.717, 1.165) is 12.8 Å². The molecule has 0 heterocycles. The molecule has 0 bridgehead atoms. The summed E-state index contributed by atoms with van der Waals surface area (Å²) >= 11 is 0. The second-order valence-corrected chi connectivity index (χ2v) is 3.07. The van der Waals surface area contributed by atoms with E-state index < -0.39 is 5.97 Å². The van der Waals surface area contributed by atoms with Crippen molar-refractivity contribution in [2.45, 2.75) is 32.5 Å². The number of aliphatic carboxylic acids is 1. The van der Waals surface area contributed by atoms with E-state index in [2.05, 4.69) is 0 Å². The Kier molecular flexibility index (Phi) is 6.54. The van der Waals surface area contributed by atoms with Gasteiger partial charge in [-0.25, -0.2) is 0 Å². The van der Waals surface area contributed by atoms with Gasteiger partial charge in [-0.1, -0.05) is 6.92 Å². The molecule has 0 aromatic heterocycles. The van der Waals surface area contributed by atoms with E-state index in [9.17, 15) is 4.79 Å². The highest BCUT2D eigenvalue weighted by Gasteiger charge is 2.12. The Morgan fingerprint density at radius 3 is 2.23 bits per heavy atom. The van der Waals surface area contributed by atoms with Crippen LogP contribution in [0, 0.1) is 5.92 Å². The van der Waals surface area contributed by atoms with Gasteiger partial charge in [0.2, 0.25) is 0 Å². The number of carbonyl (C=O) groups is 1. The first-order valence-electron chi connectivity index (χ1n) is 4.40. The Labute approximate surface area is 78.8 Å². The molecule has 0 radical (unpaired) electrons. The quantitative estimate of drug-likeness (QED) is 0.618. The topological polar surface area (TPSA) is 55.8 Å². The minimum Gasteiger partial charge on any atom is -0.481 e. The van der Waals surface area contributed by atoms with Crippen LogP contribution in [0.5, 0.6) is 0 Å². The van der Waals surface area contributed by atoms with Crippen molar-refractivity contribution in [2.24, 2.45) is 5.92 Å². The molecule has 78 valence electrons. The molecule has 4 nitrogen and oxygen atoms in total. The first-order valence-corrected chi connectivity index (χ1v) is 4.40. The summed E-state index contributed by atoms with van der Waals surface area (Å²) in [5, 5.41) is 8.60. The van der Waals surface area contributed by atoms with Gasteiger partial charge in [-0.3, -0.25) is 4.79 Å². The summed E-state index contributed by atoms with van der Waals surface area (Å²) in [6, 6.07) is 0. The average molecular weight is 190 g/mol. The summed E-state index contributed by atoms with van der Waals surface area (Å²) in [6.07, 6.45) is 2.00. The van der Waals surface area contributed by atoms with Crippen LogP contribution < -0.4 is 0 Å². The van der Waals surface area contributed by atoms with E-state index >= 15 is 0 Å². The monoisotopic (exact) mass is 190 g/mol. The summed E-state index contributed by atoms with van der Waals surface area (Å²) in [5.74, 6) is -1.03. The molecule has 0 aromatic carbocycles. The highest BCUT2D eigenvalue weighted by Crippen LogP contribution is 2.11. The van der Waals surface area contributed by atoms with Crippen molar-refractivity contribution in [2.75, 3.05) is 14.2 Å². The van der Waals surface area contributed by atoms with Crippen LogP contribution in [0.3, 0.4) is 0 Å². The SMILES string of the molecule is COC(CCC[C@H](C)C(=O)O)OC. The molecule has 4 heteroatoms. The van der Waals surface area contributed by atoms with Gasteiger partial charge in [-0.15, -0.1) is 0 Å².